The van der Waals surface area contributed by atoms with Gasteiger partial charge in [0.15, 0.2) is 0 Å². The van der Waals surface area contributed by atoms with Crippen molar-refractivity contribution in [2.75, 3.05) is 0 Å². The van der Waals surface area contributed by atoms with Crippen LogP contribution in [0.2, 0.25) is 0 Å². The molecule has 0 unspecified atom stereocenters. The summed E-state index contributed by atoms with van der Waals surface area (Å²) >= 11 is 0. The van der Waals surface area contributed by atoms with Gasteiger partial charge in [-0.1, -0.05) is 13.8 Å². The number of nitrogens with one attached hydrogen (secondary N) is 1. The molecule has 0 atom stereocenters. The number of nitrogens with zero attached hydrogens (tertiary/aromatic N) is 2. The van der Waals surface area contributed by atoms with Gasteiger partial charge in [-0.05, 0) is 20.3 Å². The van der Waals surface area contributed by atoms with E-state index >= 15 is 0 Å². The Morgan fingerprint density at radius 1 is 1.50 bits per heavy atom. The van der Waals surface area contributed by atoms with Crippen LogP contribution < -0.4 is 5.32 Å². The van der Waals surface area contributed by atoms with Gasteiger partial charge >= 0.3 is 0 Å². The van der Waals surface area contributed by atoms with E-state index in [0.717, 1.165) is 18.7 Å². The fourth-order valence-corrected chi connectivity index (χ4v) is 1.46. The Morgan fingerprint density at radius 2 is 2.19 bits per heavy atom. The summed E-state index contributed by atoms with van der Waals surface area (Å²) in [5, 5.41) is 3.01. The molecule has 0 aliphatic rings. The van der Waals surface area contributed by atoms with E-state index in [1.807, 2.05) is 31.5 Å². The summed E-state index contributed by atoms with van der Waals surface area (Å²) in [5.41, 5.74) is -0.135. The number of aromatic nitrogens is 2. The topological polar surface area (TPSA) is 46.9 Å². The maximum atomic E-state index is 11.8. The molecule has 0 aliphatic heterocycles. The molecule has 0 aliphatic carbocycles. The van der Waals surface area contributed by atoms with Crippen molar-refractivity contribution in [3.63, 3.8) is 0 Å². The smallest absolute Gasteiger partial charge is 0.240 e. The van der Waals surface area contributed by atoms with Crippen LogP contribution in [-0.4, -0.2) is 21.0 Å². The molecule has 1 aromatic rings. The molecule has 1 heterocycles. The fraction of sp³-hybridized carbons (Fsp3) is 0.667. The van der Waals surface area contributed by atoms with Crippen LogP contribution in [-0.2, 0) is 17.8 Å². The number of amides is 1. The lowest BCUT2D eigenvalue weighted by Gasteiger charge is -2.24. The maximum Gasteiger partial charge on any atom is 0.240 e. The van der Waals surface area contributed by atoms with Gasteiger partial charge in [0.1, 0.15) is 12.4 Å². The van der Waals surface area contributed by atoms with Gasteiger partial charge in [0.05, 0.1) is 0 Å². The third-order valence-corrected chi connectivity index (χ3v) is 2.79. The van der Waals surface area contributed by atoms with Crippen LogP contribution in [0.15, 0.2) is 12.4 Å². The summed E-state index contributed by atoms with van der Waals surface area (Å²) in [7, 11) is 0. The Labute approximate surface area is 97.1 Å². The summed E-state index contributed by atoms with van der Waals surface area (Å²) in [6.45, 7) is 8.51. The van der Waals surface area contributed by atoms with Crippen LogP contribution in [0.5, 0.6) is 0 Å². The van der Waals surface area contributed by atoms with Crippen molar-refractivity contribution in [1.82, 2.24) is 14.9 Å². The molecular formula is C12H21N3O. The summed E-state index contributed by atoms with van der Waals surface area (Å²) < 4.78 is 1.89. The minimum Gasteiger partial charge on any atom is -0.350 e. The van der Waals surface area contributed by atoms with Crippen LogP contribution in [0.25, 0.3) is 0 Å². The molecule has 0 aromatic carbocycles. The Bertz CT molecular complexity index is 355. The Kier molecular flexibility index (Phi) is 4.10. The highest BCUT2D eigenvalue weighted by Gasteiger charge is 2.18. The standard InChI is InChI=1S/C12H21N3O/c1-5-10-13-7-8-15(10)9-11(16)14-12(3,4)6-2/h7-8H,5-6,9H2,1-4H3,(H,14,16). The number of aryl methyl sites for hydroxylation is 1. The highest BCUT2D eigenvalue weighted by Crippen LogP contribution is 2.07. The van der Waals surface area contributed by atoms with Crippen molar-refractivity contribution in [2.24, 2.45) is 0 Å². The Morgan fingerprint density at radius 3 is 2.75 bits per heavy atom. The van der Waals surface area contributed by atoms with Crippen molar-refractivity contribution >= 4 is 5.91 Å². The Hall–Kier alpha value is -1.32. The van der Waals surface area contributed by atoms with Gasteiger partial charge in [0, 0.05) is 24.4 Å². The molecule has 0 saturated heterocycles. The van der Waals surface area contributed by atoms with Crippen molar-refractivity contribution in [1.29, 1.82) is 0 Å². The summed E-state index contributed by atoms with van der Waals surface area (Å²) in [6.07, 6.45) is 5.34. The van der Waals surface area contributed by atoms with E-state index in [0.29, 0.717) is 6.54 Å². The summed E-state index contributed by atoms with van der Waals surface area (Å²) in [4.78, 5) is 16.0. The highest BCUT2D eigenvalue weighted by molar-refractivity contribution is 5.76. The molecule has 1 rings (SSSR count). The van der Waals surface area contributed by atoms with Crippen LogP contribution in [0.3, 0.4) is 0 Å². The van der Waals surface area contributed by atoms with Gasteiger partial charge in [0.2, 0.25) is 5.91 Å². The molecule has 1 aromatic heterocycles. The molecule has 0 radical (unpaired) electrons. The molecule has 0 fully saturated rings. The fourth-order valence-electron chi connectivity index (χ4n) is 1.46. The number of carbonyl (C=O) groups is 1. The molecule has 16 heavy (non-hydrogen) atoms. The van der Waals surface area contributed by atoms with Crippen molar-refractivity contribution in [3.8, 4) is 0 Å². The van der Waals surface area contributed by atoms with Crippen molar-refractivity contribution in [2.45, 2.75) is 52.6 Å². The molecule has 90 valence electrons. The third kappa shape index (κ3) is 3.36. The molecule has 4 nitrogen and oxygen atoms in total. The van der Waals surface area contributed by atoms with Gasteiger partial charge in [-0.3, -0.25) is 4.79 Å². The number of rotatable bonds is 5. The second kappa shape index (κ2) is 5.14. The van der Waals surface area contributed by atoms with E-state index in [1.165, 1.54) is 0 Å². The summed E-state index contributed by atoms with van der Waals surface area (Å²) in [6, 6.07) is 0. The normalized spacial score (nSPS) is 11.5. The number of hydrogen-bond acceptors (Lipinski definition) is 2. The van der Waals surface area contributed by atoms with Crippen molar-refractivity contribution < 1.29 is 4.79 Å². The lowest BCUT2D eigenvalue weighted by molar-refractivity contribution is -0.123. The molecule has 0 bridgehead atoms. The predicted octanol–water partition coefficient (Wildman–Crippen LogP) is 1.75. The van der Waals surface area contributed by atoms with Gasteiger partial charge in [-0.25, -0.2) is 4.98 Å². The van der Waals surface area contributed by atoms with E-state index in [2.05, 4.69) is 17.2 Å². The number of carbonyl (C=O) groups excluding carboxylic acids is 1. The molecule has 1 N–H and O–H groups in total. The van der Waals surface area contributed by atoms with Gasteiger partial charge in [-0.2, -0.15) is 0 Å². The SMILES string of the molecule is CCc1nccn1CC(=O)NC(C)(C)CC. The second-order valence-corrected chi connectivity index (χ2v) is 4.61. The summed E-state index contributed by atoms with van der Waals surface area (Å²) in [5.74, 6) is 0.990. The predicted molar refractivity (Wildman–Crippen MR) is 64.1 cm³/mol. The van der Waals surface area contributed by atoms with E-state index in [-0.39, 0.29) is 11.4 Å². The largest absolute Gasteiger partial charge is 0.350 e. The molecular weight excluding hydrogens is 202 g/mol. The van der Waals surface area contributed by atoms with Crippen LogP contribution in [0.1, 0.15) is 39.9 Å². The van der Waals surface area contributed by atoms with E-state index in [9.17, 15) is 4.79 Å². The average Bonchev–Trinajstić information content (AvgIpc) is 2.64. The second-order valence-electron chi connectivity index (χ2n) is 4.61. The first-order valence-electron chi connectivity index (χ1n) is 5.79. The van der Waals surface area contributed by atoms with Gasteiger partial charge in [0.25, 0.3) is 0 Å². The first-order chi connectivity index (χ1) is 7.48. The van der Waals surface area contributed by atoms with Gasteiger partial charge in [-0.15, -0.1) is 0 Å². The lowest BCUT2D eigenvalue weighted by Crippen LogP contribution is -2.44. The number of imidazole rings is 1. The molecule has 0 saturated carbocycles. The minimum absolute atomic E-state index is 0.0413. The lowest BCUT2D eigenvalue weighted by atomic mass is 10.0. The quantitative estimate of drug-likeness (QED) is 0.826. The van der Waals surface area contributed by atoms with Gasteiger partial charge < -0.3 is 9.88 Å². The number of hydrogen-bond donors (Lipinski definition) is 1. The van der Waals surface area contributed by atoms with Crippen LogP contribution in [0, 0.1) is 0 Å². The van der Waals surface area contributed by atoms with Crippen molar-refractivity contribution in [3.05, 3.63) is 18.2 Å². The van der Waals surface area contributed by atoms with E-state index in [1.54, 1.807) is 6.20 Å². The minimum atomic E-state index is -0.135. The zero-order valence-electron chi connectivity index (χ0n) is 10.6. The van der Waals surface area contributed by atoms with E-state index < -0.39 is 0 Å². The third-order valence-electron chi connectivity index (χ3n) is 2.79. The monoisotopic (exact) mass is 223 g/mol. The first-order valence-corrected chi connectivity index (χ1v) is 5.79. The molecule has 0 spiro atoms. The first kappa shape index (κ1) is 12.7. The molecule has 1 amide bonds. The highest BCUT2D eigenvalue weighted by atomic mass is 16.2. The van der Waals surface area contributed by atoms with Crippen LogP contribution >= 0.6 is 0 Å². The molecule has 4 heteroatoms. The van der Waals surface area contributed by atoms with E-state index in [4.69, 9.17) is 0 Å². The average molecular weight is 223 g/mol. The zero-order chi connectivity index (χ0) is 12.2. The van der Waals surface area contributed by atoms with Crippen LogP contribution in [0.4, 0.5) is 0 Å². The maximum absolute atomic E-state index is 11.8. The Balaban J connectivity index is 2.58. The zero-order valence-corrected chi connectivity index (χ0v) is 10.6.